The fourth-order valence-electron chi connectivity index (χ4n) is 2.45. The normalized spacial score (nSPS) is 16.8. The number of carbonyl (C=O) groups excluding carboxylic acids is 1. The number of likely N-dealkylation sites (tertiary alicyclic amines) is 1. The van der Waals surface area contributed by atoms with E-state index in [0.29, 0.717) is 23.2 Å². The summed E-state index contributed by atoms with van der Waals surface area (Å²) in [6, 6.07) is 0. The number of rotatable bonds is 7. The summed E-state index contributed by atoms with van der Waals surface area (Å²) in [6.07, 6.45) is 8.60. The molecule has 1 saturated heterocycles. The number of nitrogens with two attached hydrogens (primary N) is 1. The Hall–Kier alpha value is -0.640. The number of piperidine rings is 1. The first kappa shape index (κ1) is 15.4. The molecule has 18 heavy (non-hydrogen) atoms. The minimum atomic E-state index is 0.313. The predicted octanol–water partition coefficient (Wildman–Crippen LogP) is 2.87. The van der Waals surface area contributed by atoms with Gasteiger partial charge in [0.15, 0.2) is 0 Å². The van der Waals surface area contributed by atoms with Crippen LogP contribution in [0.3, 0.4) is 0 Å². The minimum Gasteiger partial charge on any atom is -0.393 e. The monoisotopic (exact) mass is 270 g/mol. The van der Waals surface area contributed by atoms with Crippen LogP contribution in [0.2, 0.25) is 0 Å². The fraction of sp³-hybridized carbons (Fsp3) is 0.857. The summed E-state index contributed by atoms with van der Waals surface area (Å²) < 4.78 is 0. The zero-order valence-corrected chi connectivity index (χ0v) is 12.3. The number of nitrogens with zero attached hydrogens (tertiary/aromatic N) is 1. The maximum absolute atomic E-state index is 12.0. The van der Waals surface area contributed by atoms with Crippen molar-refractivity contribution in [1.82, 2.24) is 4.90 Å². The molecule has 1 rings (SSSR count). The number of thiocarbonyl (C=S) groups is 1. The molecule has 1 aliphatic rings. The van der Waals surface area contributed by atoms with Crippen LogP contribution < -0.4 is 5.73 Å². The van der Waals surface area contributed by atoms with E-state index in [2.05, 4.69) is 6.92 Å². The molecule has 2 N–H and O–H groups in total. The third-order valence-electron chi connectivity index (χ3n) is 3.74. The van der Waals surface area contributed by atoms with Crippen molar-refractivity contribution >= 4 is 23.1 Å². The summed E-state index contributed by atoms with van der Waals surface area (Å²) in [5.74, 6) is 0.654. The lowest BCUT2D eigenvalue weighted by Gasteiger charge is -2.31. The topological polar surface area (TPSA) is 46.3 Å². The van der Waals surface area contributed by atoms with Crippen molar-refractivity contribution in [3.05, 3.63) is 0 Å². The molecule has 0 aromatic heterocycles. The summed E-state index contributed by atoms with van der Waals surface area (Å²) in [4.78, 5) is 14.6. The summed E-state index contributed by atoms with van der Waals surface area (Å²) in [5.41, 5.74) is 5.64. The molecular formula is C14H26N2OS. The van der Waals surface area contributed by atoms with Gasteiger partial charge in [-0.15, -0.1) is 0 Å². The molecule has 0 unspecified atom stereocenters. The Labute approximate surface area is 116 Å². The van der Waals surface area contributed by atoms with Gasteiger partial charge < -0.3 is 10.6 Å². The van der Waals surface area contributed by atoms with Crippen LogP contribution in [0.4, 0.5) is 0 Å². The van der Waals surface area contributed by atoms with Crippen LogP contribution in [-0.2, 0) is 4.79 Å². The molecule has 1 amide bonds. The third-order valence-corrected chi connectivity index (χ3v) is 4.08. The maximum atomic E-state index is 12.0. The molecule has 1 aliphatic heterocycles. The highest BCUT2D eigenvalue weighted by atomic mass is 32.1. The van der Waals surface area contributed by atoms with E-state index in [9.17, 15) is 4.79 Å². The van der Waals surface area contributed by atoms with Gasteiger partial charge in [-0.05, 0) is 19.3 Å². The Bertz CT molecular complexity index is 273. The number of amides is 1. The van der Waals surface area contributed by atoms with Crippen LogP contribution in [0.5, 0.6) is 0 Å². The average Bonchev–Trinajstić information content (AvgIpc) is 2.38. The summed E-state index contributed by atoms with van der Waals surface area (Å²) in [5, 5.41) is 0. The van der Waals surface area contributed by atoms with Crippen molar-refractivity contribution in [3.63, 3.8) is 0 Å². The summed E-state index contributed by atoms with van der Waals surface area (Å²) in [7, 11) is 0. The third kappa shape index (κ3) is 5.34. The number of hydrogen-bond donors (Lipinski definition) is 1. The van der Waals surface area contributed by atoms with Crippen LogP contribution in [-0.4, -0.2) is 28.9 Å². The lowest BCUT2D eigenvalue weighted by molar-refractivity contribution is -0.132. The van der Waals surface area contributed by atoms with E-state index < -0.39 is 0 Å². The predicted molar refractivity (Wildman–Crippen MR) is 79.5 cm³/mol. The lowest BCUT2D eigenvalue weighted by atomic mass is 9.96. The summed E-state index contributed by atoms with van der Waals surface area (Å²) >= 11 is 5.00. The molecule has 3 nitrogen and oxygen atoms in total. The van der Waals surface area contributed by atoms with E-state index in [-0.39, 0.29) is 0 Å². The van der Waals surface area contributed by atoms with Gasteiger partial charge in [-0.3, -0.25) is 4.79 Å². The summed E-state index contributed by atoms with van der Waals surface area (Å²) in [6.45, 7) is 3.86. The van der Waals surface area contributed by atoms with E-state index in [4.69, 9.17) is 18.0 Å². The van der Waals surface area contributed by atoms with Gasteiger partial charge in [0.25, 0.3) is 0 Å². The molecule has 0 aromatic rings. The second-order valence-corrected chi connectivity index (χ2v) is 5.69. The van der Waals surface area contributed by atoms with Crippen LogP contribution >= 0.6 is 12.2 Å². The Kier molecular flexibility index (Phi) is 7.25. The van der Waals surface area contributed by atoms with Crippen molar-refractivity contribution in [2.24, 2.45) is 11.7 Å². The van der Waals surface area contributed by atoms with Gasteiger partial charge in [0.1, 0.15) is 0 Å². The number of unbranched alkanes of at least 4 members (excludes halogenated alkanes) is 4. The Morgan fingerprint density at radius 1 is 1.22 bits per heavy atom. The highest BCUT2D eigenvalue weighted by Gasteiger charge is 2.23. The molecule has 0 saturated carbocycles. The highest BCUT2D eigenvalue weighted by molar-refractivity contribution is 7.80. The maximum Gasteiger partial charge on any atom is 0.222 e. The van der Waals surface area contributed by atoms with Crippen LogP contribution in [0.15, 0.2) is 0 Å². The number of hydrogen-bond acceptors (Lipinski definition) is 2. The first-order valence-corrected chi connectivity index (χ1v) is 7.63. The Morgan fingerprint density at radius 3 is 2.39 bits per heavy atom. The van der Waals surface area contributed by atoms with E-state index in [0.717, 1.165) is 32.4 Å². The lowest BCUT2D eigenvalue weighted by Crippen LogP contribution is -2.41. The average molecular weight is 270 g/mol. The Morgan fingerprint density at radius 2 is 1.83 bits per heavy atom. The van der Waals surface area contributed by atoms with Gasteiger partial charge in [-0.2, -0.15) is 0 Å². The van der Waals surface area contributed by atoms with Gasteiger partial charge >= 0.3 is 0 Å². The zero-order chi connectivity index (χ0) is 13.4. The first-order valence-electron chi connectivity index (χ1n) is 7.22. The largest absolute Gasteiger partial charge is 0.393 e. The van der Waals surface area contributed by atoms with E-state index in [1.807, 2.05) is 4.90 Å². The zero-order valence-electron chi connectivity index (χ0n) is 11.5. The van der Waals surface area contributed by atoms with Crippen molar-refractivity contribution < 1.29 is 4.79 Å². The molecule has 0 spiro atoms. The first-order chi connectivity index (χ1) is 8.65. The molecule has 0 bridgehead atoms. The van der Waals surface area contributed by atoms with Gasteiger partial charge in [-0.1, -0.05) is 44.8 Å². The minimum absolute atomic E-state index is 0.313. The van der Waals surface area contributed by atoms with E-state index in [1.165, 1.54) is 25.7 Å². The molecule has 0 aromatic carbocycles. The van der Waals surface area contributed by atoms with Crippen molar-refractivity contribution in [3.8, 4) is 0 Å². The van der Waals surface area contributed by atoms with E-state index in [1.54, 1.807) is 0 Å². The van der Waals surface area contributed by atoms with Gasteiger partial charge in [0, 0.05) is 25.4 Å². The van der Waals surface area contributed by atoms with Crippen molar-refractivity contribution in [2.75, 3.05) is 13.1 Å². The molecule has 1 fully saturated rings. The van der Waals surface area contributed by atoms with Gasteiger partial charge in [0.05, 0.1) is 4.99 Å². The van der Waals surface area contributed by atoms with E-state index >= 15 is 0 Å². The van der Waals surface area contributed by atoms with Crippen molar-refractivity contribution in [1.29, 1.82) is 0 Å². The second-order valence-electron chi connectivity index (χ2n) is 5.22. The number of carbonyl (C=O) groups is 1. The Balaban J connectivity index is 2.14. The quantitative estimate of drug-likeness (QED) is 0.571. The smallest absolute Gasteiger partial charge is 0.222 e. The van der Waals surface area contributed by atoms with Crippen LogP contribution in [0.25, 0.3) is 0 Å². The molecule has 4 heteroatoms. The van der Waals surface area contributed by atoms with Gasteiger partial charge in [0.2, 0.25) is 5.91 Å². The van der Waals surface area contributed by atoms with Crippen LogP contribution in [0.1, 0.15) is 58.3 Å². The van der Waals surface area contributed by atoms with Crippen molar-refractivity contribution in [2.45, 2.75) is 58.3 Å². The molecule has 0 radical (unpaired) electrons. The standard InChI is InChI=1S/C14H26N2OS/c1-2-3-4-5-6-7-13(17)16-10-8-12(9-11-16)14(15)18/h12H,2-11H2,1H3,(H2,15,18). The fourth-order valence-corrected chi connectivity index (χ4v) is 2.69. The molecular weight excluding hydrogens is 244 g/mol. The highest BCUT2D eigenvalue weighted by Crippen LogP contribution is 2.18. The molecule has 104 valence electrons. The molecule has 0 atom stereocenters. The second kappa shape index (κ2) is 8.46. The molecule has 1 heterocycles. The SMILES string of the molecule is CCCCCCCC(=O)N1CCC(C(N)=S)CC1. The van der Waals surface area contributed by atoms with Crippen LogP contribution in [0, 0.1) is 5.92 Å². The molecule has 0 aliphatic carbocycles. The van der Waals surface area contributed by atoms with Gasteiger partial charge in [-0.25, -0.2) is 0 Å².